The van der Waals surface area contributed by atoms with E-state index in [0.29, 0.717) is 0 Å². The van der Waals surface area contributed by atoms with Crippen molar-refractivity contribution in [1.29, 1.82) is 0 Å². The van der Waals surface area contributed by atoms with Crippen LogP contribution in [0.4, 0.5) is 0 Å². The Balaban J connectivity index is 2.54. The Morgan fingerprint density at radius 1 is 1.45 bits per heavy atom. The van der Waals surface area contributed by atoms with Crippen LogP contribution in [0.3, 0.4) is 0 Å². The summed E-state index contributed by atoms with van der Waals surface area (Å²) in [5, 5.41) is 8.83. The van der Waals surface area contributed by atoms with Crippen LogP contribution in [0.5, 0.6) is 0 Å². The highest BCUT2D eigenvalue weighted by atomic mass is 16.6. The van der Waals surface area contributed by atoms with Crippen LogP contribution in [0.2, 0.25) is 0 Å². The van der Waals surface area contributed by atoms with Crippen LogP contribution in [0.15, 0.2) is 30.2 Å². The molecule has 0 radical (unpaired) electrons. The summed E-state index contributed by atoms with van der Waals surface area (Å²) in [6.45, 7) is -0.215. The molecule has 1 fully saturated rings. The van der Waals surface area contributed by atoms with E-state index in [2.05, 4.69) is 0 Å². The lowest BCUT2D eigenvalue weighted by molar-refractivity contribution is 0.242. The quantitative estimate of drug-likeness (QED) is 0.649. The third-order valence-corrected chi connectivity index (χ3v) is 1.57. The molecule has 0 amide bonds. The highest BCUT2D eigenvalue weighted by Gasteiger charge is 2.39. The lowest BCUT2D eigenvalue weighted by Crippen LogP contribution is -1.93. The maximum Gasteiger partial charge on any atom is 0.112 e. The molecule has 2 atom stereocenters. The summed E-state index contributed by atoms with van der Waals surface area (Å²) >= 11 is 0. The summed E-state index contributed by atoms with van der Waals surface area (Å²) < 4.78 is 42.6. The number of aliphatic hydroxyl groups excluding tert-OH is 1. The van der Waals surface area contributed by atoms with Gasteiger partial charge >= 0.3 is 0 Å². The van der Waals surface area contributed by atoms with Crippen LogP contribution in [0.25, 0.3) is 0 Å². The fraction of sp³-hybridized carbons (Fsp3) is 0.333. The topological polar surface area (TPSA) is 32.8 Å². The van der Waals surface area contributed by atoms with Gasteiger partial charge in [-0.15, -0.1) is 0 Å². The molecule has 58 valence electrons. The van der Waals surface area contributed by atoms with Crippen LogP contribution >= 0.6 is 0 Å². The summed E-state index contributed by atoms with van der Waals surface area (Å²) in [7, 11) is 0. The fourth-order valence-electron chi connectivity index (χ4n) is 0.938. The van der Waals surface area contributed by atoms with Crippen molar-refractivity contribution in [2.75, 3.05) is 6.61 Å². The number of epoxide rings is 1. The Labute approximate surface area is 72.5 Å². The number of benzene rings is 1. The van der Waals surface area contributed by atoms with Gasteiger partial charge in [0.2, 0.25) is 0 Å². The summed E-state index contributed by atoms with van der Waals surface area (Å²) in [4.78, 5) is 0. The molecule has 1 aliphatic heterocycles. The maximum absolute atomic E-state index is 8.83. The first-order valence-corrected chi connectivity index (χ1v) is 3.32. The van der Waals surface area contributed by atoms with E-state index in [-0.39, 0.29) is 36.3 Å². The summed E-state index contributed by atoms with van der Waals surface area (Å²) in [6, 6.07) is -1.68. The molecule has 1 aromatic carbocycles. The van der Waals surface area contributed by atoms with Crippen LogP contribution in [0, 0.1) is 0 Å². The first-order chi connectivity index (χ1) is 7.49. The lowest BCUT2D eigenvalue weighted by Gasteiger charge is -1.91. The summed E-state index contributed by atoms with van der Waals surface area (Å²) in [5.41, 5.74) is 0.130. The van der Waals surface area contributed by atoms with E-state index < -0.39 is 18.3 Å². The SMILES string of the molecule is [2H]c1c([2H])c([2H])c([C@H]2O[C@@H]2CO)c([2H])c1[2H]. The van der Waals surface area contributed by atoms with Crippen molar-refractivity contribution in [3.63, 3.8) is 0 Å². The van der Waals surface area contributed by atoms with Crippen molar-refractivity contribution in [3.8, 4) is 0 Å². The van der Waals surface area contributed by atoms with Gasteiger partial charge in [-0.2, -0.15) is 0 Å². The first kappa shape index (κ1) is 3.25. The van der Waals surface area contributed by atoms with Crippen molar-refractivity contribution in [1.82, 2.24) is 0 Å². The Morgan fingerprint density at radius 3 is 2.73 bits per heavy atom. The molecule has 0 saturated carbocycles. The van der Waals surface area contributed by atoms with Crippen molar-refractivity contribution in [2.24, 2.45) is 0 Å². The predicted molar refractivity (Wildman–Crippen MR) is 41.1 cm³/mol. The van der Waals surface area contributed by atoms with Gasteiger partial charge in [0.25, 0.3) is 0 Å². The minimum atomic E-state index is -0.584. The normalized spacial score (nSPS) is 34.8. The van der Waals surface area contributed by atoms with Gasteiger partial charge in [-0.25, -0.2) is 0 Å². The van der Waals surface area contributed by atoms with Gasteiger partial charge in [-0.1, -0.05) is 30.2 Å². The van der Waals surface area contributed by atoms with Crippen LogP contribution in [-0.2, 0) is 4.74 Å². The van der Waals surface area contributed by atoms with E-state index >= 15 is 0 Å². The zero-order chi connectivity index (χ0) is 12.0. The third-order valence-electron chi connectivity index (χ3n) is 1.57. The number of hydrogen-bond donors (Lipinski definition) is 1. The molecule has 11 heavy (non-hydrogen) atoms. The van der Waals surface area contributed by atoms with E-state index in [4.69, 9.17) is 16.7 Å². The van der Waals surface area contributed by atoms with Crippen molar-refractivity contribution >= 4 is 0 Å². The van der Waals surface area contributed by atoms with Gasteiger partial charge in [0, 0.05) is 0 Å². The third kappa shape index (κ3) is 1.27. The smallest absolute Gasteiger partial charge is 0.112 e. The molecule has 1 heterocycles. The number of ether oxygens (including phenoxy) is 1. The zero-order valence-corrected chi connectivity index (χ0v) is 5.72. The van der Waals surface area contributed by atoms with Gasteiger partial charge in [-0.3, -0.25) is 0 Å². The van der Waals surface area contributed by atoms with Crippen molar-refractivity contribution < 1.29 is 16.7 Å². The molecule has 1 aromatic rings. The van der Waals surface area contributed by atoms with E-state index in [1.54, 1.807) is 0 Å². The second kappa shape index (κ2) is 2.64. The van der Waals surface area contributed by atoms with Gasteiger partial charge in [0.1, 0.15) is 12.2 Å². The molecule has 0 aliphatic carbocycles. The molecule has 1 aliphatic rings. The largest absolute Gasteiger partial charge is 0.394 e. The summed E-state index contributed by atoms with van der Waals surface area (Å²) in [5.74, 6) is 0. The number of rotatable bonds is 2. The molecule has 0 aromatic heterocycles. The Kier molecular flexibility index (Phi) is 0.781. The molecule has 2 nitrogen and oxygen atoms in total. The Bertz CT molecular complexity index is 419. The molecular formula is C9H10O2. The highest BCUT2D eigenvalue weighted by Crippen LogP contribution is 2.37. The lowest BCUT2D eigenvalue weighted by atomic mass is 10.1. The predicted octanol–water partition coefficient (Wildman–Crippen LogP) is 1.12. The molecule has 1 saturated heterocycles. The second-order valence-electron chi connectivity index (χ2n) is 2.32. The molecule has 0 unspecified atom stereocenters. The van der Waals surface area contributed by atoms with Crippen molar-refractivity contribution in [2.45, 2.75) is 12.2 Å². The summed E-state index contributed by atoms with van der Waals surface area (Å²) in [6.07, 6.45) is -1.04. The van der Waals surface area contributed by atoms with E-state index in [9.17, 15) is 0 Å². The van der Waals surface area contributed by atoms with E-state index in [0.717, 1.165) is 0 Å². The van der Waals surface area contributed by atoms with Crippen molar-refractivity contribution in [3.05, 3.63) is 35.8 Å². The Hall–Kier alpha value is -0.860. The number of aliphatic hydroxyl groups is 1. The zero-order valence-electron chi connectivity index (χ0n) is 10.7. The first-order valence-electron chi connectivity index (χ1n) is 5.82. The monoisotopic (exact) mass is 155 g/mol. The number of hydrogen-bond acceptors (Lipinski definition) is 2. The van der Waals surface area contributed by atoms with Crippen LogP contribution in [-0.4, -0.2) is 17.8 Å². The van der Waals surface area contributed by atoms with Gasteiger partial charge < -0.3 is 9.84 Å². The average Bonchev–Trinajstić information content (AvgIpc) is 3.03. The van der Waals surface area contributed by atoms with E-state index in [1.165, 1.54) is 0 Å². The minimum Gasteiger partial charge on any atom is -0.394 e. The van der Waals surface area contributed by atoms with Gasteiger partial charge in [-0.05, 0) is 5.56 Å². The van der Waals surface area contributed by atoms with Gasteiger partial charge in [0.05, 0.1) is 13.5 Å². The minimum absolute atomic E-state index is 0.130. The molecule has 0 bridgehead atoms. The second-order valence-corrected chi connectivity index (χ2v) is 2.32. The van der Waals surface area contributed by atoms with Crippen LogP contribution in [0.1, 0.15) is 18.5 Å². The Morgan fingerprint density at radius 2 is 2.18 bits per heavy atom. The fourth-order valence-corrected chi connectivity index (χ4v) is 0.938. The molecule has 0 spiro atoms. The maximum atomic E-state index is 8.83. The van der Waals surface area contributed by atoms with Gasteiger partial charge in [0.15, 0.2) is 0 Å². The van der Waals surface area contributed by atoms with Crippen LogP contribution < -0.4 is 0 Å². The van der Waals surface area contributed by atoms with E-state index in [1.807, 2.05) is 0 Å². The molecule has 2 rings (SSSR count). The molecule has 1 N–H and O–H groups in total. The average molecular weight is 155 g/mol. The highest BCUT2D eigenvalue weighted by molar-refractivity contribution is 5.22. The standard InChI is InChI=1S/C9H10O2/c10-6-8-9(11-8)7-4-2-1-3-5-7/h1-5,8-10H,6H2/t8-,9-/m1/s1/i1D,2D,3D,4D,5D. The molecular weight excluding hydrogens is 140 g/mol. The molecule has 2 heteroatoms.